The molecule has 1 fully saturated rings. The van der Waals surface area contributed by atoms with E-state index in [-0.39, 0.29) is 11.7 Å². The van der Waals surface area contributed by atoms with Crippen LogP contribution >= 0.6 is 0 Å². The van der Waals surface area contributed by atoms with Gasteiger partial charge in [0.15, 0.2) is 0 Å². The summed E-state index contributed by atoms with van der Waals surface area (Å²) < 4.78 is 48.9. The second kappa shape index (κ2) is 5.19. The number of likely N-dealkylation sites (tertiary alicyclic amines) is 1. The highest BCUT2D eigenvalue weighted by atomic mass is 19.4. The standard InChI is InChI=1S/C13H13F4NO/c14-11-3-1-2-9(6-11)10-7-18(8-10)12(19)4-5-13(15,16)17/h1-3,6,10H,4-5,7-8H2. The number of carbonyl (C=O) groups excluding carboxylic acids is 1. The Kier molecular flexibility index (Phi) is 3.78. The molecule has 0 atom stereocenters. The third kappa shape index (κ3) is 3.68. The summed E-state index contributed by atoms with van der Waals surface area (Å²) in [6, 6.07) is 6.06. The average Bonchev–Trinajstić information content (AvgIpc) is 2.23. The molecule has 1 aromatic rings. The number of hydrogen-bond donors (Lipinski definition) is 0. The van der Waals surface area contributed by atoms with Gasteiger partial charge in [0.1, 0.15) is 5.82 Å². The Hall–Kier alpha value is -1.59. The molecule has 104 valence electrons. The Bertz CT molecular complexity index is 466. The summed E-state index contributed by atoms with van der Waals surface area (Å²) >= 11 is 0. The third-order valence-electron chi connectivity index (χ3n) is 3.18. The highest BCUT2D eigenvalue weighted by Gasteiger charge is 2.34. The van der Waals surface area contributed by atoms with Crippen molar-refractivity contribution in [3.05, 3.63) is 35.6 Å². The summed E-state index contributed by atoms with van der Waals surface area (Å²) in [5.41, 5.74) is 0.778. The lowest BCUT2D eigenvalue weighted by molar-refractivity contribution is -0.151. The van der Waals surface area contributed by atoms with Crippen molar-refractivity contribution in [3.63, 3.8) is 0 Å². The van der Waals surface area contributed by atoms with Crippen molar-refractivity contribution >= 4 is 5.91 Å². The molecule has 0 aliphatic carbocycles. The maximum Gasteiger partial charge on any atom is 0.389 e. The molecule has 0 saturated carbocycles. The van der Waals surface area contributed by atoms with Gasteiger partial charge in [0, 0.05) is 25.4 Å². The second-order valence-electron chi connectivity index (χ2n) is 4.67. The first-order chi connectivity index (χ1) is 8.85. The van der Waals surface area contributed by atoms with E-state index in [1.54, 1.807) is 12.1 Å². The zero-order chi connectivity index (χ0) is 14.0. The van der Waals surface area contributed by atoms with Crippen molar-refractivity contribution < 1.29 is 22.4 Å². The van der Waals surface area contributed by atoms with Crippen LogP contribution in [-0.4, -0.2) is 30.1 Å². The van der Waals surface area contributed by atoms with Gasteiger partial charge in [0.25, 0.3) is 0 Å². The van der Waals surface area contributed by atoms with E-state index < -0.39 is 24.9 Å². The van der Waals surface area contributed by atoms with Crippen molar-refractivity contribution in [2.75, 3.05) is 13.1 Å². The van der Waals surface area contributed by atoms with E-state index in [9.17, 15) is 22.4 Å². The summed E-state index contributed by atoms with van der Waals surface area (Å²) in [4.78, 5) is 12.8. The lowest BCUT2D eigenvalue weighted by atomic mass is 9.91. The maximum atomic E-state index is 13.0. The Morgan fingerprint density at radius 1 is 1.32 bits per heavy atom. The fourth-order valence-electron chi connectivity index (χ4n) is 2.06. The number of alkyl halides is 3. The highest BCUT2D eigenvalue weighted by Crippen LogP contribution is 2.29. The van der Waals surface area contributed by atoms with Gasteiger partial charge in [-0.15, -0.1) is 0 Å². The zero-order valence-corrected chi connectivity index (χ0v) is 10.1. The Morgan fingerprint density at radius 3 is 2.58 bits per heavy atom. The maximum absolute atomic E-state index is 13.0. The largest absolute Gasteiger partial charge is 0.389 e. The number of amides is 1. The molecule has 0 spiro atoms. The van der Waals surface area contributed by atoms with Gasteiger partial charge in [-0.2, -0.15) is 13.2 Å². The van der Waals surface area contributed by atoms with Crippen molar-refractivity contribution in [2.45, 2.75) is 24.9 Å². The average molecular weight is 275 g/mol. The first-order valence-electron chi connectivity index (χ1n) is 5.95. The van der Waals surface area contributed by atoms with Gasteiger partial charge in [-0.05, 0) is 17.7 Å². The molecule has 0 N–H and O–H groups in total. The summed E-state index contributed by atoms with van der Waals surface area (Å²) in [7, 11) is 0. The first-order valence-corrected chi connectivity index (χ1v) is 5.95. The fourth-order valence-corrected chi connectivity index (χ4v) is 2.06. The van der Waals surface area contributed by atoms with E-state index in [0.29, 0.717) is 13.1 Å². The molecular formula is C13H13F4NO. The molecule has 2 nitrogen and oxygen atoms in total. The van der Waals surface area contributed by atoms with Crippen LogP contribution in [0.1, 0.15) is 24.3 Å². The molecule has 2 rings (SSSR count). The monoisotopic (exact) mass is 275 g/mol. The van der Waals surface area contributed by atoms with E-state index in [2.05, 4.69) is 0 Å². The predicted octanol–water partition coefficient (Wildman–Crippen LogP) is 3.09. The summed E-state index contributed by atoms with van der Waals surface area (Å²) in [6.07, 6.45) is -5.91. The van der Waals surface area contributed by atoms with Crippen molar-refractivity contribution in [1.29, 1.82) is 0 Å². The topological polar surface area (TPSA) is 20.3 Å². The molecule has 1 amide bonds. The molecule has 0 aromatic heterocycles. The number of hydrogen-bond acceptors (Lipinski definition) is 1. The van der Waals surface area contributed by atoms with E-state index in [0.717, 1.165) is 5.56 Å². The lowest BCUT2D eigenvalue weighted by Crippen LogP contribution is -2.48. The van der Waals surface area contributed by atoms with Crippen LogP contribution in [0.5, 0.6) is 0 Å². The second-order valence-corrected chi connectivity index (χ2v) is 4.67. The molecule has 1 saturated heterocycles. The van der Waals surface area contributed by atoms with Crippen LogP contribution in [0.25, 0.3) is 0 Å². The quantitative estimate of drug-likeness (QED) is 0.776. The predicted molar refractivity (Wildman–Crippen MR) is 61.0 cm³/mol. The molecule has 6 heteroatoms. The number of halogens is 4. The molecule has 0 unspecified atom stereocenters. The Balaban J connectivity index is 1.81. The molecule has 1 aliphatic rings. The SMILES string of the molecule is O=C(CCC(F)(F)F)N1CC(c2cccc(F)c2)C1. The molecule has 1 aliphatic heterocycles. The van der Waals surface area contributed by atoms with Gasteiger partial charge in [0.05, 0.1) is 6.42 Å². The minimum absolute atomic E-state index is 0.0190. The van der Waals surface area contributed by atoms with Crippen LogP contribution in [0.2, 0.25) is 0 Å². The third-order valence-corrected chi connectivity index (χ3v) is 3.18. The van der Waals surface area contributed by atoms with Crippen molar-refractivity contribution in [3.8, 4) is 0 Å². The van der Waals surface area contributed by atoms with Crippen LogP contribution in [-0.2, 0) is 4.79 Å². The summed E-state index contributed by atoms with van der Waals surface area (Å²) in [5, 5.41) is 0. The van der Waals surface area contributed by atoms with Crippen LogP contribution in [0.15, 0.2) is 24.3 Å². The lowest BCUT2D eigenvalue weighted by Gasteiger charge is -2.39. The van der Waals surface area contributed by atoms with Crippen LogP contribution in [0.4, 0.5) is 17.6 Å². The fraction of sp³-hybridized carbons (Fsp3) is 0.462. The molecule has 1 heterocycles. The molecule has 0 radical (unpaired) electrons. The molecular weight excluding hydrogens is 262 g/mol. The Morgan fingerprint density at radius 2 is 2.00 bits per heavy atom. The smallest absolute Gasteiger partial charge is 0.341 e. The van der Waals surface area contributed by atoms with Gasteiger partial charge in [-0.1, -0.05) is 12.1 Å². The number of benzene rings is 1. The van der Waals surface area contributed by atoms with Gasteiger partial charge >= 0.3 is 6.18 Å². The highest BCUT2D eigenvalue weighted by molar-refractivity contribution is 5.77. The normalized spacial score (nSPS) is 16.3. The van der Waals surface area contributed by atoms with Crippen molar-refractivity contribution in [2.24, 2.45) is 0 Å². The minimum atomic E-state index is -4.30. The number of nitrogens with zero attached hydrogens (tertiary/aromatic N) is 1. The van der Waals surface area contributed by atoms with Gasteiger partial charge in [-0.3, -0.25) is 4.79 Å². The summed E-state index contributed by atoms with van der Waals surface area (Å²) in [6.45, 7) is 0.723. The van der Waals surface area contributed by atoms with E-state index in [4.69, 9.17) is 0 Å². The Labute approximate surface area is 108 Å². The number of carbonyl (C=O) groups is 1. The molecule has 1 aromatic carbocycles. The van der Waals surface area contributed by atoms with Crippen LogP contribution in [0, 0.1) is 5.82 Å². The van der Waals surface area contributed by atoms with E-state index in [1.807, 2.05) is 0 Å². The molecule has 19 heavy (non-hydrogen) atoms. The molecule has 0 bridgehead atoms. The minimum Gasteiger partial charge on any atom is -0.341 e. The van der Waals surface area contributed by atoms with E-state index >= 15 is 0 Å². The van der Waals surface area contributed by atoms with Gasteiger partial charge < -0.3 is 4.90 Å². The van der Waals surface area contributed by atoms with Crippen LogP contribution in [0.3, 0.4) is 0 Å². The first kappa shape index (κ1) is 13.8. The zero-order valence-electron chi connectivity index (χ0n) is 10.1. The van der Waals surface area contributed by atoms with Crippen LogP contribution < -0.4 is 0 Å². The van der Waals surface area contributed by atoms with Crippen molar-refractivity contribution in [1.82, 2.24) is 4.90 Å². The van der Waals surface area contributed by atoms with Gasteiger partial charge in [0.2, 0.25) is 5.91 Å². The summed E-state index contributed by atoms with van der Waals surface area (Å²) in [5.74, 6) is -0.824. The van der Waals surface area contributed by atoms with Gasteiger partial charge in [-0.25, -0.2) is 4.39 Å². The number of rotatable bonds is 3. The van der Waals surface area contributed by atoms with E-state index in [1.165, 1.54) is 17.0 Å².